The highest BCUT2D eigenvalue weighted by atomic mass is 79.9. The van der Waals surface area contributed by atoms with Crippen molar-refractivity contribution in [2.24, 2.45) is 0 Å². The van der Waals surface area contributed by atoms with Crippen molar-refractivity contribution in [1.29, 1.82) is 0 Å². The first-order valence-corrected chi connectivity index (χ1v) is 6.51. The molecule has 0 unspecified atom stereocenters. The number of aryl methyl sites for hydroxylation is 1. The Labute approximate surface area is 98.4 Å². The molecule has 2 rings (SSSR count). The minimum Gasteiger partial charge on any atom is -0.391 e. The number of aliphatic hydroxyl groups is 1. The Morgan fingerprint density at radius 2 is 2.36 bits per heavy atom. The highest BCUT2D eigenvalue weighted by molar-refractivity contribution is 9.10. The van der Waals surface area contributed by atoms with Crippen LogP contribution in [0.25, 0.3) is 9.88 Å². The van der Waals surface area contributed by atoms with Gasteiger partial charge in [0.2, 0.25) is 0 Å². The SMILES string of the molecule is Cc1nc(-c2cc(Br)cs2)sc1CO. The van der Waals surface area contributed by atoms with Gasteiger partial charge in [-0.05, 0) is 28.9 Å². The van der Waals surface area contributed by atoms with Crippen LogP contribution in [0.2, 0.25) is 0 Å². The molecule has 0 aliphatic rings. The largest absolute Gasteiger partial charge is 0.391 e. The summed E-state index contributed by atoms with van der Waals surface area (Å²) in [4.78, 5) is 6.50. The summed E-state index contributed by atoms with van der Waals surface area (Å²) >= 11 is 6.62. The van der Waals surface area contributed by atoms with Gasteiger partial charge in [0.25, 0.3) is 0 Å². The van der Waals surface area contributed by atoms with Gasteiger partial charge in [0.1, 0.15) is 5.01 Å². The molecule has 0 saturated heterocycles. The molecule has 0 radical (unpaired) electrons. The lowest BCUT2D eigenvalue weighted by atomic mass is 10.4. The topological polar surface area (TPSA) is 33.1 Å². The monoisotopic (exact) mass is 289 g/mol. The van der Waals surface area contributed by atoms with Gasteiger partial charge in [-0.1, -0.05) is 0 Å². The number of rotatable bonds is 2. The van der Waals surface area contributed by atoms with Gasteiger partial charge >= 0.3 is 0 Å². The molecule has 1 N–H and O–H groups in total. The average molecular weight is 290 g/mol. The van der Waals surface area contributed by atoms with Crippen LogP contribution < -0.4 is 0 Å². The van der Waals surface area contributed by atoms with Gasteiger partial charge in [0.05, 0.1) is 22.1 Å². The fraction of sp³-hybridized carbons (Fsp3) is 0.222. The van der Waals surface area contributed by atoms with Crippen LogP contribution >= 0.6 is 38.6 Å². The Morgan fingerprint density at radius 1 is 1.57 bits per heavy atom. The third-order valence-corrected chi connectivity index (χ3v) is 4.82. The highest BCUT2D eigenvalue weighted by Gasteiger charge is 2.09. The molecule has 2 heterocycles. The first kappa shape index (κ1) is 10.3. The van der Waals surface area contributed by atoms with E-state index in [9.17, 15) is 0 Å². The smallest absolute Gasteiger partial charge is 0.134 e. The van der Waals surface area contributed by atoms with Crippen LogP contribution in [0.5, 0.6) is 0 Å². The number of halogens is 1. The molecular weight excluding hydrogens is 282 g/mol. The second-order valence-electron chi connectivity index (χ2n) is 2.81. The van der Waals surface area contributed by atoms with E-state index < -0.39 is 0 Å². The van der Waals surface area contributed by atoms with Gasteiger partial charge in [0.15, 0.2) is 0 Å². The van der Waals surface area contributed by atoms with Crippen molar-refractivity contribution in [2.45, 2.75) is 13.5 Å². The molecule has 0 bridgehead atoms. The Kier molecular flexibility index (Phi) is 3.02. The van der Waals surface area contributed by atoms with E-state index in [1.807, 2.05) is 18.4 Å². The van der Waals surface area contributed by atoms with Crippen LogP contribution in [0.3, 0.4) is 0 Å². The van der Waals surface area contributed by atoms with Crippen LogP contribution in [0.1, 0.15) is 10.6 Å². The second-order valence-corrected chi connectivity index (χ2v) is 5.73. The number of thiazole rings is 1. The molecule has 0 atom stereocenters. The zero-order valence-electron chi connectivity index (χ0n) is 7.45. The molecule has 0 aromatic carbocycles. The predicted molar refractivity (Wildman–Crippen MR) is 63.8 cm³/mol. The molecule has 0 fully saturated rings. The lowest BCUT2D eigenvalue weighted by molar-refractivity contribution is 0.284. The molecular formula is C9H8BrNOS2. The molecule has 2 aromatic heterocycles. The zero-order valence-corrected chi connectivity index (χ0v) is 10.7. The maximum absolute atomic E-state index is 9.05. The summed E-state index contributed by atoms with van der Waals surface area (Å²) in [6, 6.07) is 2.05. The molecule has 74 valence electrons. The van der Waals surface area contributed by atoms with E-state index in [2.05, 4.69) is 20.9 Å². The minimum absolute atomic E-state index is 0.0794. The van der Waals surface area contributed by atoms with Crippen molar-refractivity contribution in [3.63, 3.8) is 0 Å². The summed E-state index contributed by atoms with van der Waals surface area (Å²) in [6.45, 7) is 2.00. The molecule has 0 aliphatic heterocycles. The van der Waals surface area contributed by atoms with Gasteiger partial charge in [-0.25, -0.2) is 4.98 Å². The third-order valence-electron chi connectivity index (χ3n) is 1.81. The maximum atomic E-state index is 9.05. The van der Waals surface area contributed by atoms with Gasteiger partial charge in [-0.15, -0.1) is 22.7 Å². The lowest BCUT2D eigenvalue weighted by Crippen LogP contribution is -1.80. The van der Waals surface area contributed by atoms with Crippen molar-refractivity contribution in [1.82, 2.24) is 4.98 Å². The standard InChI is InChI=1S/C9H8BrNOS2/c1-5-8(3-12)14-9(11-5)7-2-6(10)4-13-7/h2,4,12H,3H2,1H3. The molecule has 2 nitrogen and oxygen atoms in total. The van der Waals surface area contributed by atoms with Gasteiger partial charge < -0.3 is 5.11 Å². The normalized spacial score (nSPS) is 10.8. The molecule has 0 spiro atoms. The molecule has 14 heavy (non-hydrogen) atoms. The first-order valence-electron chi connectivity index (χ1n) is 4.02. The van der Waals surface area contributed by atoms with E-state index in [1.165, 1.54) is 0 Å². The zero-order chi connectivity index (χ0) is 10.1. The van der Waals surface area contributed by atoms with Crippen LogP contribution in [-0.4, -0.2) is 10.1 Å². The molecule has 0 saturated carbocycles. The summed E-state index contributed by atoms with van der Waals surface area (Å²) in [5.41, 5.74) is 0.928. The Hall–Kier alpha value is -0.230. The fourth-order valence-corrected chi connectivity index (χ4v) is 3.52. The molecule has 0 aliphatic carbocycles. The Bertz CT molecular complexity index is 449. The van der Waals surface area contributed by atoms with E-state index in [1.54, 1.807) is 22.7 Å². The van der Waals surface area contributed by atoms with Crippen molar-refractivity contribution >= 4 is 38.6 Å². The Morgan fingerprint density at radius 3 is 2.86 bits per heavy atom. The summed E-state index contributed by atoms with van der Waals surface area (Å²) < 4.78 is 1.08. The lowest BCUT2D eigenvalue weighted by Gasteiger charge is -1.85. The van der Waals surface area contributed by atoms with E-state index in [-0.39, 0.29) is 6.61 Å². The number of thiophene rings is 1. The number of nitrogens with zero attached hydrogens (tertiary/aromatic N) is 1. The number of hydrogen-bond donors (Lipinski definition) is 1. The van der Waals surface area contributed by atoms with Gasteiger partial charge in [0, 0.05) is 9.85 Å². The van der Waals surface area contributed by atoms with Crippen LogP contribution in [-0.2, 0) is 6.61 Å². The maximum Gasteiger partial charge on any atom is 0.134 e. The summed E-state index contributed by atoms with van der Waals surface area (Å²) in [7, 11) is 0. The average Bonchev–Trinajstić information content (AvgIpc) is 2.71. The first-order chi connectivity index (χ1) is 6.70. The number of hydrogen-bond acceptors (Lipinski definition) is 4. The Balaban J connectivity index is 2.42. The van der Waals surface area contributed by atoms with E-state index in [0.29, 0.717) is 0 Å². The number of aliphatic hydroxyl groups excluding tert-OH is 1. The van der Waals surface area contributed by atoms with Gasteiger partial charge in [-0.3, -0.25) is 0 Å². The predicted octanol–water partition coefficient (Wildman–Crippen LogP) is 3.43. The van der Waals surface area contributed by atoms with Crippen molar-refractivity contribution in [3.05, 3.63) is 26.5 Å². The number of aromatic nitrogens is 1. The summed E-state index contributed by atoms with van der Waals surface area (Å²) in [6.07, 6.45) is 0. The third kappa shape index (κ3) is 1.91. The second kappa shape index (κ2) is 4.10. The summed E-state index contributed by atoms with van der Waals surface area (Å²) in [5.74, 6) is 0. The molecule has 2 aromatic rings. The van der Waals surface area contributed by atoms with Crippen LogP contribution in [0, 0.1) is 6.92 Å². The van der Waals surface area contributed by atoms with Gasteiger partial charge in [-0.2, -0.15) is 0 Å². The fourth-order valence-electron chi connectivity index (χ4n) is 1.11. The molecule has 5 heteroatoms. The van der Waals surface area contributed by atoms with Crippen molar-refractivity contribution < 1.29 is 5.11 Å². The summed E-state index contributed by atoms with van der Waals surface area (Å²) in [5, 5.41) is 12.1. The van der Waals surface area contributed by atoms with E-state index in [4.69, 9.17) is 5.11 Å². The highest BCUT2D eigenvalue weighted by Crippen LogP contribution is 2.33. The van der Waals surface area contributed by atoms with E-state index in [0.717, 1.165) is 24.9 Å². The van der Waals surface area contributed by atoms with Crippen LogP contribution in [0.15, 0.2) is 15.9 Å². The van der Waals surface area contributed by atoms with Crippen molar-refractivity contribution in [2.75, 3.05) is 0 Å². The molecule has 0 amide bonds. The van der Waals surface area contributed by atoms with Crippen LogP contribution in [0.4, 0.5) is 0 Å². The quantitative estimate of drug-likeness (QED) is 0.919. The minimum atomic E-state index is 0.0794. The van der Waals surface area contributed by atoms with E-state index >= 15 is 0 Å². The van der Waals surface area contributed by atoms with Crippen molar-refractivity contribution in [3.8, 4) is 9.88 Å².